The molecule has 0 spiro atoms. The van der Waals surface area contributed by atoms with Crippen molar-refractivity contribution in [3.05, 3.63) is 10.1 Å². The van der Waals surface area contributed by atoms with E-state index < -0.39 is 6.49 Å². The summed E-state index contributed by atoms with van der Waals surface area (Å²) in [6.07, 6.45) is 3.71. The summed E-state index contributed by atoms with van der Waals surface area (Å²) in [5.41, 5.74) is 0.359. The molecule has 0 bridgehead atoms. The summed E-state index contributed by atoms with van der Waals surface area (Å²) in [6.45, 7) is 2.19. The highest BCUT2D eigenvalue weighted by molar-refractivity contribution is 8.18. The average molecular weight is 344 g/mol. The quantitative estimate of drug-likeness (QED) is 0.565. The number of halogens is 1. The number of hydrogen-bond acceptors (Lipinski definition) is 4. The van der Waals surface area contributed by atoms with Gasteiger partial charge in [0.1, 0.15) is 11.6 Å². The second-order valence-corrected chi connectivity index (χ2v) is 8.84. The molecule has 0 aromatic carbocycles. The van der Waals surface area contributed by atoms with E-state index in [0.29, 0.717) is 21.7 Å². The Hall–Kier alpha value is 0.580. The fraction of sp³-hybridized carbons (Fsp3) is 0.727. The summed E-state index contributed by atoms with van der Waals surface area (Å²) in [4.78, 5) is 10.4. The monoisotopic (exact) mass is 343 g/mol. The molecule has 0 saturated carbocycles. The lowest BCUT2D eigenvalue weighted by molar-refractivity contribution is -0.869. The zero-order chi connectivity index (χ0) is 14.7. The van der Waals surface area contributed by atoms with Crippen LogP contribution in [0.3, 0.4) is 0 Å². The average Bonchev–Trinajstić information content (AvgIpc) is 2.59. The fourth-order valence-corrected chi connectivity index (χ4v) is 5.58. The second-order valence-electron chi connectivity index (χ2n) is 4.46. The Bertz CT molecular complexity index is 456. The third kappa shape index (κ3) is 3.82. The van der Waals surface area contributed by atoms with Crippen LogP contribution in [-0.4, -0.2) is 41.4 Å². The molecule has 0 saturated heterocycles. The van der Waals surface area contributed by atoms with Gasteiger partial charge in [0.2, 0.25) is 17.0 Å². The van der Waals surface area contributed by atoms with Crippen LogP contribution in [0.25, 0.3) is 0 Å². The van der Waals surface area contributed by atoms with E-state index >= 15 is 0 Å². The largest absolute Gasteiger partial charge is 0.341 e. The van der Waals surface area contributed by atoms with E-state index in [1.165, 1.54) is 0 Å². The van der Waals surface area contributed by atoms with Gasteiger partial charge in [0.15, 0.2) is 0 Å². The third-order valence-corrected chi connectivity index (χ3v) is 6.53. The lowest BCUT2D eigenvalue weighted by atomic mass is 10.4. The van der Waals surface area contributed by atoms with Gasteiger partial charge in [-0.3, -0.25) is 0 Å². The van der Waals surface area contributed by atoms with Gasteiger partial charge in [0.05, 0.1) is 13.7 Å². The molecule has 1 heterocycles. The van der Waals surface area contributed by atoms with E-state index in [1.807, 2.05) is 20.2 Å². The van der Waals surface area contributed by atoms with Crippen LogP contribution >= 0.6 is 29.9 Å². The van der Waals surface area contributed by atoms with E-state index in [1.54, 1.807) is 11.8 Å². The summed E-state index contributed by atoms with van der Waals surface area (Å²) in [5, 5.41) is 5.95. The van der Waals surface area contributed by atoms with Crippen molar-refractivity contribution in [2.75, 3.05) is 26.5 Å². The van der Waals surface area contributed by atoms with Gasteiger partial charge in [0.25, 0.3) is 0 Å². The van der Waals surface area contributed by atoms with Gasteiger partial charge in [-0.05, 0) is 30.9 Å². The van der Waals surface area contributed by atoms with Gasteiger partial charge in [0, 0.05) is 0 Å². The molecule has 1 aliphatic rings. The Labute approximate surface area is 129 Å². The number of hydrogen-bond donors (Lipinski definition) is 1. The molecule has 2 unspecified atom stereocenters. The first-order valence-electron chi connectivity index (χ1n) is 6.20. The first-order valence-corrected chi connectivity index (χ1v) is 10.5. The van der Waals surface area contributed by atoms with Crippen molar-refractivity contribution in [3.63, 3.8) is 0 Å². The van der Waals surface area contributed by atoms with Crippen molar-refractivity contribution >= 4 is 47.1 Å². The Morgan fingerprint density at radius 2 is 2.11 bits per heavy atom. The highest BCUT2D eigenvalue weighted by Crippen LogP contribution is 2.53. The van der Waals surface area contributed by atoms with Crippen LogP contribution in [-0.2, 0) is 16.3 Å². The van der Waals surface area contributed by atoms with Gasteiger partial charge in [-0.2, -0.15) is 4.59 Å². The molecule has 8 heteroatoms. The predicted molar refractivity (Wildman–Crippen MR) is 87.9 cm³/mol. The molecule has 0 aromatic rings. The highest BCUT2D eigenvalue weighted by Gasteiger charge is 2.44. The molecule has 0 aliphatic carbocycles. The van der Waals surface area contributed by atoms with Crippen LogP contribution in [0.2, 0.25) is 0 Å². The summed E-state index contributed by atoms with van der Waals surface area (Å²) in [5.74, 6) is 0. The summed E-state index contributed by atoms with van der Waals surface area (Å²) < 4.78 is 5.76. The molecule has 19 heavy (non-hydrogen) atoms. The minimum absolute atomic E-state index is 0.347. The van der Waals surface area contributed by atoms with Crippen LogP contribution in [0.15, 0.2) is 15.2 Å². The molecule has 0 radical (unpaired) electrons. The number of thioether (sulfide) groups is 1. The zero-order valence-corrected chi connectivity index (χ0v) is 15.0. The Kier molecular flexibility index (Phi) is 6.52. The van der Waals surface area contributed by atoms with Crippen molar-refractivity contribution in [3.8, 4) is 0 Å². The van der Waals surface area contributed by atoms with E-state index in [4.69, 9.17) is 27.9 Å². The first kappa shape index (κ1) is 17.6. The smallest absolute Gasteiger partial charge is 0.242 e. The van der Waals surface area contributed by atoms with Crippen molar-refractivity contribution in [1.29, 1.82) is 0 Å². The standard InChI is InChI=1S/C11H20ClN2O2PS2/c1-5-7-14(3)11(19-4)9(12)10(13-14)17(15,18)16-8-6-2/h5-8H2,1-4H3/p+1. The molecule has 110 valence electrons. The minimum Gasteiger partial charge on any atom is -0.341 e. The summed E-state index contributed by atoms with van der Waals surface area (Å²) >= 11 is 13.1. The van der Waals surface area contributed by atoms with Gasteiger partial charge < -0.3 is 9.42 Å². The topological polar surface area (TPSA) is 41.8 Å². The van der Waals surface area contributed by atoms with Crippen LogP contribution in [0.1, 0.15) is 26.7 Å². The van der Waals surface area contributed by atoms with Crippen molar-refractivity contribution in [2.45, 2.75) is 26.7 Å². The molecule has 0 aromatic heterocycles. The van der Waals surface area contributed by atoms with E-state index in [9.17, 15) is 4.89 Å². The van der Waals surface area contributed by atoms with Crippen LogP contribution < -0.4 is 0 Å². The van der Waals surface area contributed by atoms with Gasteiger partial charge in [-0.25, -0.2) is 0 Å². The maximum atomic E-state index is 10.4. The number of quaternary nitrogens is 1. The van der Waals surface area contributed by atoms with Crippen molar-refractivity contribution in [1.82, 2.24) is 0 Å². The molecular weight excluding hydrogens is 323 g/mol. The Morgan fingerprint density at radius 1 is 1.47 bits per heavy atom. The Balaban J connectivity index is 3.15. The second kappa shape index (κ2) is 7.03. The van der Waals surface area contributed by atoms with Crippen LogP contribution in [0.5, 0.6) is 0 Å². The summed E-state index contributed by atoms with van der Waals surface area (Å²) in [7, 11) is 1.97. The maximum Gasteiger partial charge on any atom is 0.242 e. The van der Waals surface area contributed by atoms with E-state index in [-0.39, 0.29) is 0 Å². The van der Waals surface area contributed by atoms with E-state index in [2.05, 4.69) is 12.0 Å². The number of allylic oxidation sites excluding steroid dienone is 1. The molecule has 0 fully saturated rings. The lowest BCUT2D eigenvalue weighted by Gasteiger charge is -2.24. The minimum atomic E-state index is -3.10. The molecule has 4 nitrogen and oxygen atoms in total. The molecule has 1 N–H and O–H groups in total. The molecule has 0 amide bonds. The maximum absolute atomic E-state index is 10.4. The predicted octanol–water partition coefficient (Wildman–Crippen LogP) is 3.67. The highest BCUT2D eigenvalue weighted by atomic mass is 35.5. The fourth-order valence-electron chi connectivity index (χ4n) is 1.94. The van der Waals surface area contributed by atoms with E-state index in [0.717, 1.165) is 24.4 Å². The number of rotatable bonds is 7. The SMILES string of the molecule is CCCOP(O)(=S)C1=N[N+](C)(CCC)C(SC)=C1Cl. The normalized spacial score (nSPS) is 26.5. The first-order chi connectivity index (χ1) is 8.82. The van der Waals surface area contributed by atoms with Crippen LogP contribution in [0.4, 0.5) is 0 Å². The van der Waals surface area contributed by atoms with Gasteiger partial charge >= 0.3 is 0 Å². The third-order valence-electron chi connectivity index (χ3n) is 2.73. The summed E-state index contributed by atoms with van der Waals surface area (Å²) in [6, 6.07) is 0. The molecular formula is C11H21ClN2O2PS2+. The van der Waals surface area contributed by atoms with Crippen molar-refractivity contribution < 1.29 is 14.0 Å². The van der Waals surface area contributed by atoms with Crippen LogP contribution in [0, 0.1) is 0 Å². The van der Waals surface area contributed by atoms with Gasteiger partial charge in [-0.15, -0.1) is 0 Å². The number of nitrogens with zero attached hydrogens (tertiary/aromatic N) is 2. The molecule has 1 aliphatic heterocycles. The molecule has 2 atom stereocenters. The van der Waals surface area contributed by atoms with Crippen molar-refractivity contribution in [2.24, 2.45) is 5.10 Å². The Morgan fingerprint density at radius 3 is 2.58 bits per heavy atom. The molecule has 1 rings (SSSR count). The van der Waals surface area contributed by atoms with Gasteiger partial charge in [-0.1, -0.05) is 42.3 Å². The zero-order valence-electron chi connectivity index (χ0n) is 11.7. The lowest BCUT2D eigenvalue weighted by Crippen LogP contribution is -2.35.